The van der Waals surface area contributed by atoms with E-state index < -0.39 is 17.3 Å². The van der Waals surface area contributed by atoms with E-state index in [1.165, 1.54) is 38.4 Å². The molecule has 4 nitrogen and oxygen atoms in total. The molecule has 0 aromatic heterocycles. The Balaban J connectivity index is 1.48. The van der Waals surface area contributed by atoms with Crippen molar-refractivity contribution in [1.82, 2.24) is 0 Å². The first-order valence-electron chi connectivity index (χ1n) is 12.5. The molecule has 0 spiro atoms. The monoisotopic (exact) mass is 525 g/mol. The van der Waals surface area contributed by atoms with Gasteiger partial charge in [0.2, 0.25) is 0 Å². The third-order valence-corrected chi connectivity index (χ3v) is 8.26. The van der Waals surface area contributed by atoms with Crippen molar-refractivity contribution >= 4 is 23.6 Å². The van der Waals surface area contributed by atoms with E-state index in [9.17, 15) is 9.18 Å². The van der Waals surface area contributed by atoms with Crippen LogP contribution in [0.15, 0.2) is 59.5 Å². The van der Waals surface area contributed by atoms with Crippen LogP contribution in [0.2, 0.25) is 0 Å². The SMILES string of the molecule is COc1cc(C(=O)O)c(F)cc1NSc1cccc(-c2ccc([C@H]3CC[C@H](C(C)(C)C)CC3)cc2)c1F. The zero-order valence-electron chi connectivity index (χ0n) is 21.6. The smallest absolute Gasteiger partial charge is 0.338 e. The van der Waals surface area contributed by atoms with E-state index in [4.69, 9.17) is 9.84 Å². The van der Waals surface area contributed by atoms with E-state index in [2.05, 4.69) is 37.6 Å². The summed E-state index contributed by atoms with van der Waals surface area (Å²) in [6.45, 7) is 6.98. The van der Waals surface area contributed by atoms with Crippen LogP contribution in [0.25, 0.3) is 11.1 Å². The van der Waals surface area contributed by atoms with Crippen molar-refractivity contribution in [3.8, 4) is 16.9 Å². The summed E-state index contributed by atoms with van der Waals surface area (Å²) in [5.74, 6) is -1.23. The molecule has 0 aliphatic heterocycles. The first-order chi connectivity index (χ1) is 17.6. The van der Waals surface area contributed by atoms with Crippen molar-refractivity contribution in [2.24, 2.45) is 11.3 Å². The van der Waals surface area contributed by atoms with Gasteiger partial charge < -0.3 is 14.6 Å². The highest BCUT2D eigenvalue weighted by molar-refractivity contribution is 8.00. The zero-order chi connectivity index (χ0) is 26.7. The van der Waals surface area contributed by atoms with Gasteiger partial charge >= 0.3 is 5.97 Å². The van der Waals surface area contributed by atoms with E-state index in [1.807, 2.05) is 12.1 Å². The van der Waals surface area contributed by atoms with Gasteiger partial charge in [0, 0.05) is 11.6 Å². The topological polar surface area (TPSA) is 58.6 Å². The lowest BCUT2D eigenvalue weighted by atomic mass is 9.68. The Bertz CT molecular complexity index is 1260. The van der Waals surface area contributed by atoms with Gasteiger partial charge in [-0.2, -0.15) is 0 Å². The maximum atomic E-state index is 15.5. The standard InChI is InChI=1S/C30H33F2NO3S/c1-30(2,3)21-14-12-19(13-15-21)18-8-10-20(11-9-18)22-6-5-7-27(28(22)32)37-33-25-17-24(31)23(29(34)35)16-26(25)36-4/h5-11,16-17,19,21,33H,12-15H2,1-4H3,(H,34,35)/t19-,21-. The number of rotatable bonds is 7. The first kappa shape index (κ1) is 27.0. The predicted octanol–water partition coefficient (Wildman–Crippen LogP) is 8.78. The first-order valence-corrected chi connectivity index (χ1v) is 13.3. The minimum atomic E-state index is -1.39. The number of carboxylic acids is 1. The van der Waals surface area contributed by atoms with E-state index >= 15 is 4.39 Å². The highest BCUT2D eigenvalue weighted by Gasteiger charge is 2.30. The van der Waals surface area contributed by atoms with Crippen LogP contribution in [0, 0.1) is 23.0 Å². The van der Waals surface area contributed by atoms with Gasteiger partial charge in [0.05, 0.1) is 23.3 Å². The van der Waals surface area contributed by atoms with Crippen LogP contribution >= 0.6 is 11.9 Å². The molecular weight excluding hydrogens is 492 g/mol. The van der Waals surface area contributed by atoms with Crippen LogP contribution < -0.4 is 9.46 Å². The second-order valence-corrected chi connectivity index (χ2v) is 11.5. The minimum absolute atomic E-state index is 0.148. The quantitative estimate of drug-likeness (QED) is 0.302. The summed E-state index contributed by atoms with van der Waals surface area (Å²) < 4.78 is 37.7. The van der Waals surface area contributed by atoms with E-state index in [1.54, 1.807) is 18.2 Å². The van der Waals surface area contributed by atoms with Crippen molar-refractivity contribution in [2.75, 3.05) is 11.8 Å². The third-order valence-electron chi connectivity index (χ3n) is 7.40. The molecule has 0 bridgehead atoms. The number of carboxylic acid groups (broad SMARTS) is 1. The maximum Gasteiger partial charge on any atom is 0.338 e. The molecule has 3 aromatic rings. The number of methoxy groups -OCH3 is 1. The zero-order valence-corrected chi connectivity index (χ0v) is 22.4. The Morgan fingerprint density at radius 1 is 1.03 bits per heavy atom. The minimum Gasteiger partial charge on any atom is -0.495 e. The largest absolute Gasteiger partial charge is 0.495 e. The highest BCUT2D eigenvalue weighted by Crippen LogP contribution is 2.43. The lowest BCUT2D eigenvalue weighted by Gasteiger charge is -2.37. The lowest BCUT2D eigenvalue weighted by molar-refractivity contribution is 0.0691. The number of hydrogen-bond acceptors (Lipinski definition) is 4. The molecule has 0 saturated heterocycles. The Kier molecular flexibility index (Phi) is 8.12. The molecule has 1 aliphatic rings. The molecule has 0 heterocycles. The molecule has 0 unspecified atom stereocenters. The predicted molar refractivity (Wildman–Crippen MR) is 145 cm³/mol. The van der Waals surface area contributed by atoms with Gasteiger partial charge in [0.15, 0.2) is 0 Å². The second-order valence-electron chi connectivity index (χ2n) is 10.7. The summed E-state index contributed by atoms with van der Waals surface area (Å²) in [6.07, 6.45) is 4.85. The van der Waals surface area contributed by atoms with Crippen LogP contribution in [0.5, 0.6) is 5.75 Å². The van der Waals surface area contributed by atoms with E-state index in [0.717, 1.165) is 35.6 Å². The molecule has 3 aromatic carbocycles. The van der Waals surface area contributed by atoms with Crippen LogP contribution in [0.3, 0.4) is 0 Å². The number of halogens is 2. The molecule has 7 heteroatoms. The van der Waals surface area contributed by atoms with Gasteiger partial charge in [-0.25, -0.2) is 13.6 Å². The van der Waals surface area contributed by atoms with Gasteiger partial charge in [0.25, 0.3) is 0 Å². The molecule has 37 heavy (non-hydrogen) atoms. The van der Waals surface area contributed by atoms with E-state index in [0.29, 0.717) is 21.8 Å². The van der Waals surface area contributed by atoms with Gasteiger partial charge in [0.1, 0.15) is 17.4 Å². The molecule has 1 saturated carbocycles. The molecule has 2 N–H and O–H groups in total. The molecule has 1 aliphatic carbocycles. The molecule has 0 atom stereocenters. The van der Waals surface area contributed by atoms with Gasteiger partial charge in [-0.3, -0.25) is 0 Å². The van der Waals surface area contributed by atoms with Crippen LogP contribution in [0.1, 0.15) is 68.3 Å². The van der Waals surface area contributed by atoms with Crippen molar-refractivity contribution in [2.45, 2.75) is 57.3 Å². The third kappa shape index (κ3) is 6.09. The maximum absolute atomic E-state index is 15.5. The lowest BCUT2D eigenvalue weighted by Crippen LogP contribution is -2.25. The summed E-state index contributed by atoms with van der Waals surface area (Å²) in [5.41, 5.74) is 2.65. The van der Waals surface area contributed by atoms with Crippen LogP contribution in [-0.2, 0) is 0 Å². The number of anilines is 1. The Morgan fingerprint density at radius 2 is 1.70 bits per heavy atom. The summed E-state index contributed by atoms with van der Waals surface area (Å²) in [6, 6.07) is 15.5. The number of nitrogens with one attached hydrogen (secondary N) is 1. The van der Waals surface area contributed by atoms with Crippen molar-refractivity contribution in [3.63, 3.8) is 0 Å². The molecule has 0 radical (unpaired) electrons. The fourth-order valence-electron chi connectivity index (χ4n) is 5.12. The van der Waals surface area contributed by atoms with Crippen molar-refractivity contribution < 1.29 is 23.4 Å². The van der Waals surface area contributed by atoms with Crippen molar-refractivity contribution in [3.05, 3.63) is 77.4 Å². The van der Waals surface area contributed by atoms with Gasteiger partial charge in [-0.15, -0.1) is 0 Å². The number of benzene rings is 3. The Morgan fingerprint density at radius 3 is 2.30 bits per heavy atom. The summed E-state index contributed by atoms with van der Waals surface area (Å²) >= 11 is 0.970. The molecule has 196 valence electrons. The Labute approximate surface area is 221 Å². The fraction of sp³-hybridized carbons (Fsp3) is 0.367. The number of aromatic carboxylic acids is 1. The van der Waals surface area contributed by atoms with Crippen LogP contribution in [-0.4, -0.2) is 18.2 Å². The highest BCUT2D eigenvalue weighted by atomic mass is 32.2. The second kappa shape index (κ2) is 11.1. The molecule has 4 rings (SSSR count). The normalized spacial score (nSPS) is 17.9. The number of ether oxygens (including phenoxy) is 1. The van der Waals surface area contributed by atoms with Gasteiger partial charge in [-0.1, -0.05) is 57.2 Å². The average Bonchev–Trinajstić information content (AvgIpc) is 2.87. The molecular formula is C30H33F2NO3S. The summed E-state index contributed by atoms with van der Waals surface area (Å²) in [4.78, 5) is 11.5. The molecule has 1 fully saturated rings. The summed E-state index contributed by atoms with van der Waals surface area (Å²) in [5, 5.41) is 9.12. The van der Waals surface area contributed by atoms with Gasteiger partial charge in [-0.05, 0) is 78.1 Å². The van der Waals surface area contributed by atoms with Crippen molar-refractivity contribution in [1.29, 1.82) is 0 Å². The average molecular weight is 526 g/mol. The summed E-state index contributed by atoms with van der Waals surface area (Å²) in [7, 11) is 1.36. The number of carbonyl (C=O) groups is 1. The fourth-order valence-corrected chi connectivity index (χ4v) is 5.84. The Hall–Kier alpha value is -3.06. The van der Waals surface area contributed by atoms with E-state index in [-0.39, 0.29) is 17.3 Å². The van der Waals surface area contributed by atoms with Crippen LogP contribution in [0.4, 0.5) is 14.5 Å². The number of hydrogen-bond donors (Lipinski definition) is 2. The molecule has 0 amide bonds.